The molecule has 0 amide bonds. The third kappa shape index (κ3) is 3.18. The monoisotopic (exact) mass is 214 g/mol. The predicted octanol–water partition coefficient (Wildman–Crippen LogP) is 0.781. The largest absolute Gasteiger partial charge is 0.480 e. The molecule has 4 nitrogen and oxygen atoms in total. The second-order valence-corrected chi connectivity index (χ2v) is 4.09. The SMILES string of the molecule is CCN(CC)C(C(=O)O)C1CCNCC1. The van der Waals surface area contributed by atoms with Crippen molar-refractivity contribution in [3.8, 4) is 0 Å². The Morgan fingerprint density at radius 2 is 1.93 bits per heavy atom. The van der Waals surface area contributed by atoms with Crippen molar-refractivity contribution in [2.24, 2.45) is 5.92 Å². The Morgan fingerprint density at radius 1 is 1.40 bits per heavy atom. The first-order chi connectivity index (χ1) is 7.20. The summed E-state index contributed by atoms with van der Waals surface area (Å²) in [5.41, 5.74) is 0. The van der Waals surface area contributed by atoms with Crippen LogP contribution in [0.3, 0.4) is 0 Å². The molecule has 0 bridgehead atoms. The van der Waals surface area contributed by atoms with E-state index in [2.05, 4.69) is 10.2 Å². The van der Waals surface area contributed by atoms with Crippen LogP contribution in [0, 0.1) is 5.92 Å². The van der Waals surface area contributed by atoms with Gasteiger partial charge in [0, 0.05) is 0 Å². The molecule has 1 saturated heterocycles. The summed E-state index contributed by atoms with van der Waals surface area (Å²) in [7, 11) is 0. The molecule has 4 heteroatoms. The molecule has 1 aliphatic heterocycles. The first-order valence-corrected chi connectivity index (χ1v) is 5.88. The fourth-order valence-corrected chi connectivity index (χ4v) is 2.43. The summed E-state index contributed by atoms with van der Waals surface area (Å²) in [6.07, 6.45) is 1.96. The molecule has 1 aliphatic rings. The van der Waals surface area contributed by atoms with E-state index in [9.17, 15) is 9.90 Å². The zero-order valence-corrected chi connectivity index (χ0v) is 9.70. The maximum absolute atomic E-state index is 11.3. The van der Waals surface area contributed by atoms with Crippen LogP contribution in [0.15, 0.2) is 0 Å². The lowest BCUT2D eigenvalue weighted by atomic mass is 9.89. The number of carboxylic acid groups (broad SMARTS) is 1. The van der Waals surface area contributed by atoms with Crippen LogP contribution in [0.2, 0.25) is 0 Å². The molecular formula is C11H22N2O2. The molecule has 0 aromatic rings. The first kappa shape index (κ1) is 12.5. The summed E-state index contributed by atoms with van der Waals surface area (Å²) in [5.74, 6) is -0.353. The smallest absolute Gasteiger partial charge is 0.321 e. The third-order valence-corrected chi connectivity index (χ3v) is 3.29. The van der Waals surface area contributed by atoms with Crippen molar-refractivity contribution in [3.05, 3.63) is 0 Å². The molecule has 15 heavy (non-hydrogen) atoms. The topological polar surface area (TPSA) is 52.6 Å². The highest BCUT2D eigenvalue weighted by Crippen LogP contribution is 2.21. The Kier molecular flexibility index (Phi) is 5.05. The Labute approximate surface area is 91.6 Å². The van der Waals surface area contributed by atoms with Gasteiger partial charge in [0.1, 0.15) is 6.04 Å². The molecule has 1 unspecified atom stereocenters. The number of carboxylic acids is 1. The highest BCUT2D eigenvalue weighted by molar-refractivity contribution is 5.74. The lowest BCUT2D eigenvalue weighted by Gasteiger charge is -2.35. The molecule has 0 aromatic heterocycles. The van der Waals surface area contributed by atoms with Crippen molar-refractivity contribution >= 4 is 5.97 Å². The van der Waals surface area contributed by atoms with Gasteiger partial charge in [0.2, 0.25) is 0 Å². The maximum atomic E-state index is 11.3. The quantitative estimate of drug-likeness (QED) is 0.710. The molecule has 1 atom stereocenters. The van der Waals surface area contributed by atoms with Crippen molar-refractivity contribution in [2.45, 2.75) is 32.7 Å². The third-order valence-electron chi connectivity index (χ3n) is 3.29. The number of nitrogens with zero attached hydrogens (tertiary/aromatic N) is 1. The minimum atomic E-state index is -0.661. The van der Waals surface area contributed by atoms with Crippen LogP contribution in [-0.2, 0) is 4.79 Å². The van der Waals surface area contributed by atoms with Crippen molar-refractivity contribution < 1.29 is 9.90 Å². The fourth-order valence-electron chi connectivity index (χ4n) is 2.43. The van der Waals surface area contributed by atoms with E-state index >= 15 is 0 Å². The molecule has 1 heterocycles. The average Bonchev–Trinajstić information content (AvgIpc) is 2.26. The molecular weight excluding hydrogens is 192 g/mol. The van der Waals surface area contributed by atoms with Crippen molar-refractivity contribution in [2.75, 3.05) is 26.2 Å². The number of likely N-dealkylation sites (N-methyl/N-ethyl adjacent to an activating group) is 1. The van der Waals surface area contributed by atoms with Crippen LogP contribution in [0.4, 0.5) is 0 Å². The first-order valence-electron chi connectivity index (χ1n) is 5.88. The highest BCUT2D eigenvalue weighted by Gasteiger charge is 2.32. The normalized spacial score (nSPS) is 20.5. The number of rotatable bonds is 5. The van der Waals surface area contributed by atoms with E-state index in [1.807, 2.05) is 13.8 Å². The Bertz CT molecular complexity index is 199. The molecule has 1 rings (SSSR count). The number of nitrogens with one attached hydrogen (secondary N) is 1. The standard InChI is InChI=1S/C11H22N2O2/c1-3-13(4-2)10(11(14)15)9-5-7-12-8-6-9/h9-10,12H,3-8H2,1-2H3,(H,14,15). The summed E-state index contributed by atoms with van der Waals surface area (Å²) in [5, 5.41) is 12.6. The van der Waals surface area contributed by atoms with Gasteiger partial charge in [-0.05, 0) is 44.9 Å². The average molecular weight is 214 g/mol. The van der Waals surface area contributed by atoms with Gasteiger partial charge in [0.25, 0.3) is 0 Å². The van der Waals surface area contributed by atoms with Crippen LogP contribution in [0.25, 0.3) is 0 Å². The van der Waals surface area contributed by atoms with Gasteiger partial charge in [-0.2, -0.15) is 0 Å². The second kappa shape index (κ2) is 6.08. The fraction of sp³-hybridized carbons (Fsp3) is 0.909. The summed E-state index contributed by atoms with van der Waals surface area (Å²) in [4.78, 5) is 13.3. The van der Waals surface area contributed by atoms with Gasteiger partial charge in [0.05, 0.1) is 0 Å². The van der Waals surface area contributed by atoms with Gasteiger partial charge in [-0.1, -0.05) is 13.8 Å². The summed E-state index contributed by atoms with van der Waals surface area (Å²) < 4.78 is 0. The highest BCUT2D eigenvalue weighted by atomic mass is 16.4. The Hall–Kier alpha value is -0.610. The Balaban J connectivity index is 2.66. The molecule has 0 radical (unpaired) electrons. The molecule has 2 N–H and O–H groups in total. The van der Waals surface area contributed by atoms with Crippen molar-refractivity contribution in [1.82, 2.24) is 10.2 Å². The minimum Gasteiger partial charge on any atom is -0.480 e. The van der Waals surface area contributed by atoms with Crippen LogP contribution in [0.1, 0.15) is 26.7 Å². The number of aliphatic carboxylic acids is 1. The van der Waals surface area contributed by atoms with E-state index in [0.717, 1.165) is 39.0 Å². The van der Waals surface area contributed by atoms with E-state index in [0.29, 0.717) is 5.92 Å². The summed E-state index contributed by atoms with van der Waals surface area (Å²) >= 11 is 0. The summed E-state index contributed by atoms with van der Waals surface area (Å²) in [6, 6.07) is -0.290. The number of hydrogen-bond donors (Lipinski definition) is 2. The molecule has 0 aromatic carbocycles. The van der Waals surface area contributed by atoms with Gasteiger partial charge >= 0.3 is 5.97 Å². The van der Waals surface area contributed by atoms with Crippen molar-refractivity contribution in [3.63, 3.8) is 0 Å². The van der Waals surface area contributed by atoms with Crippen LogP contribution in [-0.4, -0.2) is 48.2 Å². The van der Waals surface area contributed by atoms with Gasteiger partial charge in [-0.15, -0.1) is 0 Å². The minimum absolute atomic E-state index is 0.290. The molecule has 0 aliphatic carbocycles. The molecule has 0 spiro atoms. The van der Waals surface area contributed by atoms with E-state index in [1.54, 1.807) is 0 Å². The molecule has 0 saturated carbocycles. The van der Waals surface area contributed by atoms with Crippen LogP contribution in [0.5, 0.6) is 0 Å². The van der Waals surface area contributed by atoms with Gasteiger partial charge < -0.3 is 10.4 Å². The van der Waals surface area contributed by atoms with E-state index < -0.39 is 5.97 Å². The Morgan fingerprint density at radius 3 is 2.33 bits per heavy atom. The maximum Gasteiger partial charge on any atom is 0.321 e. The lowest BCUT2D eigenvalue weighted by molar-refractivity contribution is -0.145. The van der Waals surface area contributed by atoms with Crippen LogP contribution < -0.4 is 5.32 Å². The van der Waals surface area contributed by atoms with Crippen molar-refractivity contribution in [1.29, 1.82) is 0 Å². The summed E-state index contributed by atoms with van der Waals surface area (Å²) in [6.45, 7) is 7.60. The van der Waals surface area contributed by atoms with Crippen LogP contribution >= 0.6 is 0 Å². The predicted molar refractivity (Wildman–Crippen MR) is 59.9 cm³/mol. The molecule has 88 valence electrons. The van der Waals surface area contributed by atoms with E-state index in [1.165, 1.54) is 0 Å². The van der Waals surface area contributed by atoms with Gasteiger partial charge in [0.15, 0.2) is 0 Å². The van der Waals surface area contributed by atoms with E-state index in [4.69, 9.17) is 0 Å². The number of hydrogen-bond acceptors (Lipinski definition) is 3. The van der Waals surface area contributed by atoms with Gasteiger partial charge in [-0.25, -0.2) is 0 Å². The number of carbonyl (C=O) groups is 1. The molecule has 1 fully saturated rings. The number of piperidine rings is 1. The zero-order chi connectivity index (χ0) is 11.3. The second-order valence-electron chi connectivity index (χ2n) is 4.09. The zero-order valence-electron chi connectivity index (χ0n) is 9.70. The van der Waals surface area contributed by atoms with E-state index in [-0.39, 0.29) is 6.04 Å². The van der Waals surface area contributed by atoms with Gasteiger partial charge in [-0.3, -0.25) is 9.69 Å². The lowest BCUT2D eigenvalue weighted by Crippen LogP contribution is -2.49.